The van der Waals surface area contributed by atoms with Crippen LogP contribution >= 0.6 is 0 Å². The van der Waals surface area contributed by atoms with Crippen LogP contribution in [0.1, 0.15) is 127 Å². The summed E-state index contributed by atoms with van der Waals surface area (Å²) in [7, 11) is 2.21. The zero-order valence-electron chi connectivity index (χ0n) is 26.3. The number of aromatic nitrogens is 1. The number of aliphatic imine (C=N–C) groups is 1. The van der Waals surface area contributed by atoms with Crippen molar-refractivity contribution in [3.05, 3.63) is 88.2 Å². The summed E-state index contributed by atoms with van der Waals surface area (Å²) < 4.78 is 2.39. The van der Waals surface area contributed by atoms with E-state index in [0.29, 0.717) is 23.7 Å². The van der Waals surface area contributed by atoms with Gasteiger partial charge in [-0.15, -0.1) is 0 Å². The predicted octanol–water partition coefficient (Wildman–Crippen LogP) is 9.89. The topological polar surface area (TPSA) is 28.3 Å². The van der Waals surface area contributed by atoms with Crippen molar-refractivity contribution in [3.8, 4) is 0 Å². The van der Waals surface area contributed by atoms with Crippen LogP contribution < -0.4 is 0 Å². The number of nitrogens with zero attached hydrogens (tertiary/aromatic N) is 3. The minimum Gasteiger partial charge on any atom is -0.257 e. The third kappa shape index (κ3) is 7.53. The Labute approximate surface area is 238 Å². The molecule has 0 saturated carbocycles. The predicted molar refractivity (Wildman–Crippen MR) is 170 cm³/mol. The number of rotatable bonds is 10. The lowest BCUT2D eigenvalue weighted by molar-refractivity contribution is -0.408. The largest absolute Gasteiger partial charge is 0.257 e. The minimum atomic E-state index is 0.434. The molecule has 3 heteroatoms. The maximum Gasteiger partial charge on any atom is 0.211 e. The van der Waals surface area contributed by atoms with Gasteiger partial charge in [0.05, 0.1) is 17.8 Å². The molecule has 0 aliphatic heterocycles. The Hall–Kier alpha value is -3.07. The van der Waals surface area contributed by atoms with E-state index < -0.39 is 0 Å². The molecule has 0 aliphatic rings. The lowest BCUT2D eigenvalue weighted by atomic mass is 9.92. The minimum absolute atomic E-state index is 0.434. The first-order chi connectivity index (χ1) is 18.4. The Kier molecular flexibility index (Phi) is 10.4. The maximum atomic E-state index is 5.17. The second-order valence-electron chi connectivity index (χ2n) is 12.3. The van der Waals surface area contributed by atoms with E-state index in [0.717, 1.165) is 35.6 Å². The molecule has 3 aromatic rings. The molecule has 0 radical (unpaired) electrons. The van der Waals surface area contributed by atoms with Crippen LogP contribution in [0.15, 0.2) is 59.6 Å². The summed E-state index contributed by atoms with van der Waals surface area (Å²) in [6.07, 6.45) is 1.57. The fourth-order valence-electron chi connectivity index (χ4n) is 5.33. The molecule has 0 fully saturated rings. The molecule has 3 rings (SSSR count). The second-order valence-corrected chi connectivity index (χ2v) is 12.3. The molecule has 0 spiro atoms. The Morgan fingerprint density at radius 1 is 0.641 bits per heavy atom. The average molecular weight is 525 g/mol. The quantitative estimate of drug-likeness (QED) is 0.192. The maximum absolute atomic E-state index is 5.17. The van der Waals surface area contributed by atoms with Crippen molar-refractivity contribution in [2.45, 2.75) is 106 Å². The Balaban J connectivity index is 1.92. The second kappa shape index (κ2) is 13.3. The Morgan fingerprint density at radius 2 is 1.05 bits per heavy atom. The van der Waals surface area contributed by atoms with Gasteiger partial charge in [-0.3, -0.25) is 9.98 Å². The molecule has 1 aromatic heterocycles. The lowest BCUT2D eigenvalue weighted by Gasteiger charge is -2.17. The first kappa shape index (κ1) is 30.5. The van der Waals surface area contributed by atoms with Crippen molar-refractivity contribution in [1.29, 1.82) is 0 Å². The van der Waals surface area contributed by atoms with Gasteiger partial charge in [-0.2, -0.15) is 0 Å². The van der Waals surface area contributed by atoms with Crippen molar-refractivity contribution >= 4 is 22.8 Å². The van der Waals surface area contributed by atoms with E-state index in [-0.39, 0.29) is 0 Å². The van der Waals surface area contributed by atoms with Crippen molar-refractivity contribution in [2.24, 2.45) is 4.99 Å². The van der Waals surface area contributed by atoms with Gasteiger partial charge >= 0.3 is 0 Å². The molecule has 0 amide bonds. The summed E-state index contributed by atoms with van der Waals surface area (Å²) in [5.74, 6) is 1.80. The average Bonchev–Trinajstić information content (AvgIpc) is 2.87. The fourth-order valence-corrected chi connectivity index (χ4v) is 5.33. The van der Waals surface area contributed by atoms with E-state index >= 15 is 0 Å². The summed E-state index contributed by atoms with van der Waals surface area (Å²) >= 11 is 0. The molecule has 0 atom stereocenters. The van der Waals surface area contributed by atoms with Crippen molar-refractivity contribution < 1.29 is 4.58 Å². The molecule has 39 heavy (non-hydrogen) atoms. The third-order valence-electron chi connectivity index (χ3n) is 7.63. The third-order valence-corrected chi connectivity index (χ3v) is 7.63. The van der Waals surface area contributed by atoms with Gasteiger partial charge in [0.15, 0.2) is 5.71 Å². The van der Waals surface area contributed by atoms with E-state index in [4.69, 9.17) is 9.98 Å². The van der Waals surface area contributed by atoms with E-state index in [1.54, 1.807) is 0 Å². The summed E-state index contributed by atoms with van der Waals surface area (Å²) in [5, 5.41) is 0. The molecule has 0 saturated heterocycles. The normalized spacial score (nSPS) is 13.2. The van der Waals surface area contributed by atoms with E-state index in [1.165, 1.54) is 33.7 Å². The molecule has 0 aliphatic carbocycles. The van der Waals surface area contributed by atoms with Crippen LogP contribution in [0.5, 0.6) is 0 Å². The van der Waals surface area contributed by atoms with E-state index in [2.05, 4.69) is 135 Å². The van der Waals surface area contributed by atoms with Gasteiger partial charge in [0, 0.05) is 35.9 Å². The molecular weight excluding hydrogens is 474 g/mol. The number of hydrogen-bond donors (Lipinski definition) is 0. The zero-order valence-corrected chi connectivity index (χ0v) is 26.3. The fraction of sp³-hybridized carbons (Fsp3) is 0.472. The van der Waals surface area contributed by atoms with Gasteiger partial charge in [-0.25, -0.2) is 4.58 Å². The molecule has 2 aromatic carbocycles. The number of para-hydroxylation sites is 2. The smallest absolute Gasteiger partial charge is 0.211 e. The SMILES string of the molecule is CC(Cc1cccc(CC(C)=[N+](C)c2c(C(C)C)cccc2C(C)C)n1)=Nc1c(C(C)C)cccc1C(C)C. The van der Waals surface area contributed by atoms with Gasteiger partial charge in [0.1, 0.15) is 7.05 Å². The first-order valence-electron chi connectivity index (χ1n) is 14.7. The van der Waals surface area contributed by atoms with Gasteiger partial charge in [0.2, 0.25) is 5.69 Å². The monoisotopic (exact) mass is 524 g/mol. The first-order valence-corrected chi connectivity index (χ1v) is 14.7. The van der Waals surface area contributed by atoms with E-state index in [1.807, 2.05) is 0 Å². The highest BCUT2D eigenvalue weighted by Gasteiger charge is 2.23. The summed E-state index contributed by atoms with van der Waals surface area (Å²) in [4.78, 5) is 10.2. The van der Waals surface area contributed by atoms with E-state index in [9.17, 15) is 0 Å². The van der Waals surface area contributed by atoms with Crippen LogP contribution in [0.2, 0.25) is 0 Å². The summed E-state index contributed by atoms with van der Waals surface area (Å²) in [6.45, 7) is 22.5. The molecule has 0 N–H and O–H groups in total. The summed E-state index contributed by atoms with van der Waals surface area (Å²) in [5.41, 5.74) is 12.5. The van der Waals surface area contributed by atoms with Crippen molar-refractivity contribution in [2.75, 3.05) is 7.05 Å². The molecule has 208 valence electrons. The highest BCUT2D eigenvalue weighted by Crippen LogP contribution is 2.36. The van der Waals surface area contributed by atoms with Gasteiger partial charge in [-0.1, -0.05) is 97.9 Å². The Bertz CT molecular complexity index is 1290. The van der Waals surface area contributed by atoms with Gasteiger partial charge < -0.3 is 0 Å². The van der Waals surface area contributed by atoms with Crippen LogP contribution in [0.25, 0.3) is 0 Å². The lowest BCUT2D eigenvalue weighted by Crippen LogP contribution is -2.17. The molecule has 0 bridgehead atoms. The van der Waals surface area contributed by atoms with Crippen molar-refractivity contribution in [1.82, 2.24) is 4.98 Å². The van der Waals surface area contributed by atoms with Crippen LogP contribution in [-0.2, 0) is 12.8 Å². The standard InChI is InChI=1S/C36H50N3/c1-23(2)31-17-13-18-32(24(3)4)35(31)37-27(9)21-29-15-12-16-30(38-29)22-28(10)39(11)36-33(25(5)6)19-14-20-34(36)26(7)8/h12-20,23-26H,21-22H2,1-11H3/q+1. The highest BCUT2D eigenvalue weighted by molar-refractivity contribution is 5.87. The highest BCUT2D eigenvalue weighted by atomic mass is 15.0. The molecule has 3 nitrogen and oxygen atoms in total. The molecular formula is C36H50N3+. The number of hydrogen-bond acceptors (Lipinski definition) is 2. The Morgan fingerprint density at radius 3 is 1.51 bits per heavy atom. The van der Waals surface area contributed by atoms with Crippen molar-refractivity contribution in [3.63, 3.8) is 0 Å². The van der Waals surface area contributed by atoms with Crippen LogP contribution in [0, 0.1) is 0 Å². The van der Waals surface area contributed by atoms with Crippen LogP contribution in [0.4, 0.5) is 11.4 Å². The van der Waals surface area contributed by atoms with Crippen LogP contribution in [0.3, 0.4) is 0 Å². The number of pyridine rings is 1. The van der Waals surface area contributed by atoms with Crippen LogP contribution in [-0.4, -0.2) is 28.0 Å². The summed E-state index contributed by atoms with van der Waals surface area (Å²) in [6, 6.07) is 19.8. The molecule has 0 unspecified atom stereocenters. The molecule has 1 heterocycles. The zero-order chi connectivity index (χ0) is 28.9. The van der Waals surface area contributed by atoms with Gasteiger partial charge in [0.25, 0.3) is 0 Å². The van der Waals surface area contributed by atoms with Gasteiger partial charge in [-0.05, 0) is 53.9 Å². The number of benzene rings is 2.